The molecule has 0 fully saturated rings. The third-order valence-corrected chi connectivity index (χ3v) is 6.69. The van der Waals surface area contributed by atoms with Crippen LogP contribution < -0.4 is 9.62 Å². The minimum absolute atomic E-state index is 0.0861. The molecular weight excluding hydrogens is 443 g/mol. The van der Waals surface area contributed by atoms with Crippen LogP contribution in [0.3, 0.4) is 0 Å². The Labute approximate surface area is 186 Å². The monoisotopic (exact) mass is 462 g/mol. The van der Waals surface area contributed by atoms with Gasteiger partial charge in [-0.25, -0.2) is 8.42 Å². The number of carbonyl (C=O) groups is 1. The molecule has 0 saturated heterocycles. The number of carbonyl (C=O) groups excluding carboxylic acids is 1. The number of sulfonamides is 1. The Morgan fingerprint density at radius 3 is 2.27 bits per heavy atom. The third kappa shape index (κ3) is 5.14. The van der Waals surface area contributed by atoms with E-state index in [2.05, 4.69) is 5.32 Å². The molecule has 0 aromatic heterocycles. The second-order valence-corrected chi connectivity index (χ2v) is 9.55. The van der Waals surface area contributed by atoms with E-state index >= 15 is 0 Å². The van der Waals surface area contributed by atoms with Crippen LogP contribution in [-0.2, 0) is 14.8 Å². The number of aryl methyl sites for hydroxylation is 2. The Morgan fingerprint density at radius 1 is 0.933 bits per heavy atom. The van der Waals surface area contributed by atoms with Crippen LogP contribution in [0.5, 0.6) is 0 Å². The second-order valence-electron chi connectivity index (χ2n) is 6.81. The molecule has 0 aliphatic rings. The SMILES string of the molecule is Cc1ccc(S(=O)(=O)N(CC(=O)Nc2cccc(Cl)c2)c2cc(Cl)ccc2C)cc1. The fraction of sp³-hybridized carbons (Fsp3) is 0.136. The summed E-state index contributed by atoms with van der Waals surface area (Å²) < 4.78 is 27.9. The zero-order valence-corrected chi connectivity index (χ0v) is 18.7. The van der Waals surface area contributed by atoms with Crippen LogP contribution in [0.1, 0.15) is 11.1 Å². The fourth-order valence-corrected chi connectivity index (χ4v) is 4.72. The van der Waals surface area contributed by atoms with Gasteiger partial charge in [0.1, 0.15) is 6.54 Å². The number of hydrogen-bond donors (Lipinski definition) is 1. The molecule has 1 amide bonds. The molecule has 3 aromatic rings. The van der Waals surface area contributed by atoms with Gasteiger partial charge in [-0.05, 0) is 61.9 Å². The van der Waals surface area contributed by atoms with Crippen molar-refractivity contribution in [2.75, 3.05) is 16.2 Å². The Kier molecular flexibility index (Phi) is 6.71. The molecule has 0 aliphatic heterocycles. The highest BCUT2D eigenvalue weighted by atomic mass is 35.5. The number of benzene rings is 3. The number of amides is 1. The van der Waals surface area contributed by atoms with Crippen molar-refractivity contribution in [1.29, 1.82) is 0 Å². The molecule has 0 atom stereocenters. The molecule has 0 saturated carbocycles. The molecule has 0 unspecified atom stereocenters. The highest BCUT2D eigenvalue weighted by Crippen LogP contribution is 2.29. The first-order valence-corrected chi connectivity index (χ1v) is 11.3. The van der Waals surface area contributed by atoms with E-state index < -0.39 is 22.5 Å². The lowest BCUT2D eigenvalue weighted by Gasteiger charge is -2.26. The molecule has 8 heteroatoms. The van der Waals surface area contributed by atoms with E-state index in [-0.39, 0.29) is 4.90 Å². The summed E-state index contributed by atoms with van der Waals surface area (Å²) in [4.78, 5) is 12.8. The smallest absolute Gasteiger partial charge is 0.264 e. The summed E-state index contributed by atoms with van der Waals surface area (Å²) in [7, 11) is -4.02. The number of rotatable bonds is 6. The van der Waals surface area contributed by atoms with Crippen molar-refractivity contribution in [3.8, 4) is 0 Å². The Balaban J connectivity index is 2.00. The number of halogens is 2. The summed E-state index contributed by atoms with van der Waals surface area (Å²) in [5, 5.41) is 3.52. The maximum Gasteiger partial charge on any atom is 0.264 e. The van der Waals surface area contributed by atoms with Crippen LogP contribution in [0, 0.1) is 13.8 Å². The Morgan fingerprint density at radius 2 is 1.60 bits per heavy atom. The van der Waals surface area contributed by atoms with Gasteiger partial charge in [-0.1, -0.05) is 53.0 Å². The van der Waals surface area contributed by atoms with E-state index in [9.17, 15) is 13.2 Å². The number of nitrogens with one attached hydrogen (secondary N) is 1. The van der Waals surface area contributed by atoms with E-state index in [0.29, 0.717) is 27.0 Å². The van der Waals surface area contributed by atoms with E-state index in [0.717, 1.165) is 9.87 Å². The molecule has 0 bridgehead atoms. The predicted octanol–water partition coefficient (Wildman–Crippen LogP) is 5.44. The standard InChI is InChI=1S/C22H20Cl2N2O3S/c1-15-6-10-20(11-7-15)30(28,29)26(21-13-18(24)9-8-16(21)2)14-22(27)25-19-5-3-4-17(23)12-19/h3-13H,14H2,1-2H3,(H,25,27). The van der Waals surface area contributed by atoms with Gasteiger partial charge >= 0.3 is 0 Å². The number of nitrogens with zero attached hydrogens (tertiary/aromatic N) is 1. The van der Waals surface area contributed by atoms with Gasteiger partial charge in [-0.3, -0.25) is 9.10 Å². The van der Waals surface area contributed by atoms with Gasteiger partial charge in [0, 0.05) is 15.7 Å². The van der Waals surface area contributed by atoms with Crippen LogP contribution >= 0.6 is 23.2 Å². The normalized spacial score (nSPS) is 11.2. The van der Waals surface area contributed by atoms with E-state index in [1.165, 1.54) is 18.2 Å². The summed E-state index contributed by atoms with van der Waals surface area (Å²) in [6.45, 7) is 3.20. The largest absolute Gasteiger partial charge is 0.324 e. The van der Waals surface area contributed by atoms with Gasteiger partial charge in [-0.15, -0.1) is 0 Å². The molecular formula is C22H20Cl2N2O3S. The van der Waals surface area contributed by atoms with Crippen LogP contribution in [0.4, 0.5) is 11.4 Å². The molecule has 156 valence electrons. The summed E-state index contributed by atoms with van der Waals surface area (Å²) in [5.74, 6) is -0.507. The molecule has 3 rings (SSSR count). The minimum atomic E-state index is -4.02. The lowest BCUT2D eigenvalue weighted by Crippen LogP contribution is -2.38. The van der Waals surface area contributed by atoms with Gasteiger partial charge in [0.2, 0.25) is 5.91 Å². The highest BCUT2D eigenvalue weighted by molar-refractivity contribution is 7.92. The molecule has 5 nitrogen and oxygen atoms in total. The predicted molar refractivity (Wildman–Crippen MR) is 122 cm³/mol. The van der Waals surface area contributed by atoms with Crippen molar-refractivity contribution >= 4 is 50.5 Å². The third-order valence-electron chi connectivity index (χ3n) is 4.44. The molecule has 0 heterocycles. The zero-order chi connectivity index (χ0) is 21.9. The summed E-state index contributed by atoms with van der Waals surface area (Å²) >= 11 is 12.1. The lowest BCUT2D eigenvalue weighted by atomic mass is 10.2. The second kappa shape index (κ2) is 9.08. The Bertz CT molecular complexity index is 1180. The van der Waals surface area contributed by atoms with Gasteiger partial charge in [0.15, 0.2) is 0 Å². The van der Waals surface area contributed by atoms with E-state index in [4.69, 9.17) is 23.2 Å². The first-order chi connectivity index (χ1) is 14.2. The quantitative estimate of drug-likeness (QED) is 0.529. The minimum Gasteiger partial charge on any atom is -0.324 e. The van der Waals surface area contributed by atoms with Crippen LogP contribution in [0.2, 0.25) is 10.0 Å². The van der Waals surface area contributed by atoms with Crippen LogP contribution in [0.15, 0.2) is 71.6 Å². The van der Waals surface area contributed by atoms with Gasteiger partial charge in [0.05, 0.1) is 10.6 Å². The molecule has 30 heavy (non-hydrogen) atoms. The van der Waals surface area contributed by atoms with Gasteiger partial charge < -0.3 is 5.32 Å². The highest BCUT2D eigenvalue weighted by Gasteiger charge is 2.28. The zero-order valence-electron chi connectivity index (χ0n) is 16.4. The van der Waals surface area contributed by atoms with Crippen molar-refractivity contribution in [3.63, 3.8) is 0 Å². The molecule has 1 N–H and O–H groups in total. The summed E-state index contributed by atoms with van der Waals surface area (Å²) in [6.07, 6.45) is 0. The lowest BCUT2D eigenvalue weighted by molar-refractivity contribution is -0.114. The summed E-state index contributed by atoms with van der Waals surface area (Å²) in [5.41, 5.74) is 2.41. The average molecular weight is 463 g/mol. The fourth-order valence-electron chi connectivity index (χ4n) is 2.89. The summed E-state index contributed by atoms with van der Waals surface area (Å²) in [6, 6.07) is 18.0. The van der Waals surface area contributed by atoms with Crippen molar-refractivity contribution in [2.24, 2.45) is 0 Å². The first kappa shape index (κ1) is 22.2. The topological polar surface area (TPSA) is 66.5 Å². The van der Waals surface area contributed by atoms with Crippen LogP contribution in [-0.4, -0.2) is 20.9 Å². The molecule has 3 aromatic carbocycles. The van der Waals surface area contributed by atoms with Crippen molar-refractivity contribution in [1.82, 2.24) is 0 Å². The van der Waals surface area contributed by atoms with Gasteiger partial charge in [0.25, 0.3) is 10.0 Å². The van der Waals surface area contributed by atoms with E-state index in [1.807, 2.05) is 6.92 Å². The molecule has 0 aliphatic carbocycles. The first-order valence-electron chi connectivity index (χ1n) is 9.08. The van der Waals surface area contributed by atoms with E-state index in [1.54, 1.807) is 55.5 Å². The Hall–Kier alpha value is -2.54. The molecule has 0 spiro atoms. The molecule has 0 radical (unpaired) electrons. The van der Waals surface area contributed by atoms with Crippen LogP contribution in [0.25, 0.3) is 0 Å². The number of hydrogen-bond acceptors (Lipinski definition) is 3. The maximum absolute atomic E-state index is 13.4. The van der Waals surface area contributed by atoms with Crippen molar-refractivity contribution < 1.29 is 13.2 Å². The number of anilines is 2. The van der Waals surface area contributed by atoms with Crippen molar-refractivity contribution in [3.05, 3.63) is 87.9 Å². The maximum atomic E-state index is 13.4. The van der Waals surface area contributed by atoms with Crippen molar-refractivity contribution in [2.45, 2.75) is 18.7 Å². The van der Waals surface area contributed by atoms with Gasteiger partial charge in [-0.2, -0.15) is 0 Å². The average Bonchev–Trinajstić information content (AvgIpc) is 2.68.